The summed E-state index contributed by atoms with van der Waals surface area (Å²) >= 11 is 12.3. The second-order valence-electron chi connectivity index (χ2n) is 7.81. The monoisotopic (exact) mass is 479 g/mol. The molecule has 0 amide bonds. The van der Waals surface area contributed by atoms with Gasteiger partial charge in [-0.25, -0.2) is 4.68 Å². The minimum atomic E-state index is -0.274. The van der Waals surface area contributed by atoms with E-state index in [9.17, 15) is 9.90 Å². The summed E-state index contributed by atoms with van der Waals surface area (Å²) in [5, 5.41) is 15.4. The van der Waals surface area contributed by atoms with E-state index in [2.05, 4.69) is 5.10 Å². The van der Waals surface area contributed by atoms with Gasteiger partial charge < -0.3 is 10.0 Å². The summed E-state index contributed by atoms with van der Waals surface area (Å²) in [6.07, 6.45) is 0. The molecular weight excluding hydrogens is 457 g/mol. The largest absolute Gasteiger partial charge is 0.394 e. The third kappa shape index (κ3) is 4.81. The van der Waals surface area contributed by atoms with Crippen LogP contribution in [0.25, 0.3) is 33.5 Å². The standard InChI is InChI=1S/C26H23Cl2N3O2/c1-30(2)22-13-7-18(8-14-22)24-23(17-3-9-20(27)10-4-17)25(19-5-11-21(28)12-6-19)29-31(15-16-32)26(24)33/h3-14,32H,15-16H2,1-2H3. The van der Waals surface area contributed by atoms with E-state index in [1.165, 1.54) is 4.68 Å². The van der Waals surface area contributed by atoms with Gasteiger partial charge in [0, 0.05) is 41.0 Å². The van der Waals surface area contributed by atoms with Crippen molar-refractivity contribution in [2.24, 2.45) is 0 Å². The molecule has 0 unspecified atom stereocenters. The van der Waals surface area contributed by atoms with E-state index < -0.39 is 0 Å². The molecule has 7 heteroatoms. The predicted octanol–water partition coefficient (Wildman–Crippen LogP) is 5.61. The molecule has 0 saturated heterocycles. The van der Waals surface area contributed by atoms with Crippen molar-refractivity contribution in [2.45, 2.75) is 6.54 Å². The normalized spacial score (nSPS) is 10.9. The lowest BCUT2D eigenvalue weighted by molar-refractivity contribution is 0.266. The number of nitrogens with zero attached hydrogens (tertiary/aromatic N) is 3. The van der Waals surface area contributed by atoms with Crippen LogP contribution in [-0.2, 0) is 6.54 Å². The van der Waals surface area contributed by atoms with E-state index in [1.807, 2.05) is 67.5 Å². The van der Waals surface area contributed by atoms with Crippen molar-refractivity contribution < 1.29 is 5.11 Å². The molecule has 33 heavy (non-hydrogen) atoms. The highest BCUT2D eigenvalue weighted by atomic mass is 35.5. The fourth-order valence-corrected chi connectivity index (χ4v) is 3.97. The third-order valence-corrected chi connectivity index (χ3v) is 5.89. The number of benzene rings is 3. The van der Waals surface area contributed by atoms with Gasteiger partial charge in [0.25, 0.3) is 5.56 Å². The fraction of sp³-hybridized carbons (Fsp3) is 0.154. The SMILES string of the molecule is CN(C)c1ccc(-c2c(-c3ccc(Cl)cc3)c(-c3ccc(Cl)cc3)nn(CCO)c2=O)cc1. The lowest BCUT2D eigenvalue weighted by Crippen LogP contribution is -2.27. The Morgan fingerprint density at radius 1 is 0.788 bits per heavy atom. The summed E-state index contributed by atoms with van der Waals surface area (Å²) in [7, 11) is 3.93. The Balaban J connectivity index is 2.08. The zero-order valence-electron chi connectivity index (χ0n) is 18.3. The van der Waals surface area contributed by atoms with Crippen LogP contribution in [0.5, 0.6) is 0 Å². The maximum Gasteiger partial charge on any atom is 0.275 e. The first kappa shape index (κ1) is 23.1. The molecule has 0 atom stereocenters. The van der Waals surface area contributed by atoms with E-state index in [-0.39, 0.29) is 18.7 Å². The fourth-order valence-electron chi connectivity index (χ4n) is 3.72. The van der Waals surface area contributed by atoms with Crippen LogP contribution in [0.1, 0.15) is 0 Å². The summed E-state index contributed by atoms with van der Waals surface area (Å²) in [4.78, 5) is 15.6. The average Bonchev–Trinajstić information content (AvgIpc) is 2.81. The summed E-state index contributed by atoms with van der Waals surface area (Å²) in [6.45, 7) is -0.116. The molecule has 1 heterocycles. The van der Waals surface area contributed by atoms with E-state index in [4.69, 9.17) is 23.2 Å². The van der Waals surface area contributed by atoms with Crippen LogP contribution in [-0.4, -0.2) is 35.6 Å². The van der Waals surface area contributed by atoms with Crippen molar-refractivity contribution in [1.82, 2.24) is 9.78 Å². The van der Waals surface area contributed by atoms with E-state index in [1.54, 1.807) is 24.3 Å². The second-order valence-corrected chi connectivity index (χ2v) is 8.68. The second kappa shape index (κ2) is 9.79. The van der Waals surface area contributed by atoms with Gasteiger partial charge in [-0.2, -0.15) is 5.10 Å². The molecule has 0 bridgehead atoms. The van der Waals surface area contributed by atoms with E-state index in [0.717, 1.165) is 22.4 Å². The zero-order chi connectivity index (χ0) is 23.5. The molecule has 0 radical (unpaired) electrons. The number of rotatable bonds is 6. The van der Waals surface area contributed by atoms with Crippen molar-refractivity contribution in [3.8, 4) is 33.5 Å². The van der Waals surface area contributed by atoms with Crippen molar-refractivity contribution in [3.05, 3.63) is 93.2 Å². The molecule has 1 N–H and O–H groups in total. The Kier molecular flexibility index (Phi) is 6.84. The Bertz CT molecular complexity index is 1310. The molecule has 3 aromatic carbocycles. The highest BCUT2D eigenvalue weighted by Crippen LogP contribution is 2.38. The van der Waals surface area contributed by atoms with Crippen LogP contribution >= 0.6 is 23.2 Å². The topological polar surface area (TPSA) is 58.4 Å². The number of halogens is 2. The lowest BCUT2D eigenvalue weighted by Gasteiger charge is -2.18. The summed E-state index contributed by atoms with van der Waals surface area (Å²) in [5.74, 6) is 0. The van der Waals surface area contributed by atoms with E-state index in [0.29, 0.717) is 26.9 Å². The number of hydrogen-bond acceptors (Lipinski definition) is 4. The molecule has 0 aliphatic rings. The van der Waals surface area contributed by atoms with Crippen LogP contribution in [0.2, 0.25) is 10.0 Å². The van der Waals surface area contributed by atoms with Crippen molar-refractivity contribution in [1.29, 1.82) is 0 Å². The Morgan fingerprint density at radius 3 is 1.79 bits per heavy atom. The number of aliphatic hydroxyl groups excluding tert-OH is 1. The minimum Gasteiger partial charge on any atom is -0.394 e. The number of aromatic nitrogens is 2. The van der Waals surface area contributed by atoms with Crippen molar-refractivity contribution in [3.63, 3.8) is 0 Å². The zero-order valence-corrected chi connectivity index (χ0v) is 19.8. The molecule has 0 spiro atoms. The Labute approximate surface area is 202 Å². The van der Waals surface area contributed by atoms with E-state index >= 15 is 0 Å². The molecule has 5 nitrogen and oxygen atoms in total. The van der Waals surface area contributed by atoms with Gasteiger partial charge in [-0.3, -0.25) is 4.79 Å². The maximum atomic E-state index is 13.6. The quantitative estimate of drug-likeness (QED) is 0.390. The highest BCUT2D eigenvalue weighted by Gasteiger charge is 2.22. The number of aliphatic hydroxyl groups is 1. The van der Waals surface area contributed by atoms with Gasteiger partial charge >= 0.3 is 0 Å². The number of anilines is 1. The molecule has 0 aliphatic heterocycles. The summed E-state index contributed by atoms with van der Waals surface area (Å²) in [5.41, 5.74) is 4.97. The Morgan fingerprint density at radius 2 is 1.27 bits per heavy atom. The summed E-state index contributed by atoms with van der Waals surface area (Å²) in [6, 6.07) is 22.5. The van der Waals surface area contributed by atoms with Gasteiger partial charge in [0.05, 0.1) is 24.4 Å². The average molecular weight is 480 g/mol. The lowest BCUT2D eigenvalue weighted by atomic mass is 9.92. The van der Waals surface area contributed by atoms with Gasteiger partial charge in [-0.05, 0) is 47.5 Å². The molecule has 168 valence electrons. The van der Waals surface area contributed by atoms with Crippen LogP contribution in [0.15, 0.2) is 77.6 Å². The van der Waals surface area contributed by atoms with Gasteiger partial charge in [0.1, 0.15) is 0 Å². The van der Waals surface area contributed by atoms with Crippen LogP contribution in [0.4, 0.5) is 5.69 Å². The third-order valence-electron chi connectivity index (χ3n) is 5.39. The molecule has 0 saturated carbocycles. The van der Waals surface area contributed by atoms with Crippen LogP contribution in [0, 0.1) is 0 Å². The van der Waals surface area contributed by atoms with Gasteiger partial charge in [-0.1, -0.05) is 59.6 Å². The van der Waals surface area contributed by atoms with Crippen molar-refractivity contribution in [2.75, 3.05) is 25.6 Å². The van der Waals surface area contributed by atoms with Gasteiger partial charge in [0.15, 0.2) is 0 Å². The molecule has 1 aromatic heterocycles. The first-order chi connectivity index (χ1) is 15.9. The molecule has 0 aliphatic carbocycles. The van der Waals surface area contributed by atoms with Crippen LogP contribution < -0.4 is 10.5 Å². The Hall–Kier alpha value is -3.12. The maximum absolute atomic E-state index is 13.6. The molecule has 4 aromatic rings. The van der Waals surface area contributed by atoms with Gasteiger partial charge in [-0.15, -0.1) is 0 Å². The molecular formula is C26H23Cl2N3O2. The minimum absolute atomic E-state index is 0.0864. The highest BCUT2D eigenvalue weighted by molar-refractivity contribution is 6.31. The van der Waals surface area contributed by atoms with Crippen LogP contribution in [0.3, 0.4) is 0 Å². The first-order valence-corrected chi connectivity index (χ1v) is 11.2. The molecule has 4 rings (SSSR count). The smallest absolute Gasteiger partial charge is 0.275 e. The van der Waals surface area contributed by atoms with Gasteiger partial charge in [0.2, 0.25) is 0 Å². The summed E-state index contributed by atoms with van der Waals surface area (Å²) < 4.78 is 1.32. The predicted molar refractivity (Wildman–Crippen MR) is 136 cm³/mol. The molecule has 0 fully saturated rings. The number of hydrogen-bond donors (Lipinski definition) is 1. The van der Waals surface area contributed by atoms with Crippen molar-refractivity contribution >= 4 is 28.9 Å². The first-order valence-electron chi connectivity index (χ1n) is 10.4.